The first kappa shape index (κ1) is 14.4. The number of hydrogen-bond donors (Lipinski definition) is 0. The van der Waals surface area contributed by atoms with Gasteiger partial charge in [0.05, 0.1) is 5.56 Å². The molecule has 0 heterocycles. The highest BCUT2D eigenvalue weighted by Crippen LogP contribution is 2.40. The van der Waals surface area contributed by atoms with Gasteiger partial charge in [-0.1, -0.05) is 44.9 Å². The van der Waals surface area contributed by atoms with Crippen LogP contribution in [0, 0.1) is 0 Å². The number of rotatable bonds is 3. The number of hydrogen-bond acceptors (Lipinski definition) is 0. The van der Waals surface area contributed by atoms with E-state index in [-0.39, 0.29) is 5.02 Å². The summed E-state index contributed by atoms with van der Waals surface area (Å²) in [4.78, 5) is 0. The maximum Gasteiger partial charge on any atom is 0.416 e. The van der Waals surface area contributed by atoms with E-state index in [2.05, 4.69) is 0 Å². The van der Waals surface area contributed by atoms with Crippen molar-refractivity contribution in [2.45, 2.75) is 45.2 Å². The van der Waals surface area contributed by atoms with Crippen LogP contribution in [-0.2, 0) is 11.6 Å². The molecule has 0 spiro atoms. The molecule has 4 heteroatoms. The summed E-state index contributed by atoms with van der Waals surface area (Å²) in [6.45, 7) is 5.62. The van der Waals surface area contributed by atoms with Crippen LogP contribution in [0.25, 0.3) is 0 Å². The van der Waals surface area contributed by atoms with Gasteiger partial charge in [-0.25, -0.2) is 0 Å². The molecule has 0 aliphatic carbocycles. The lowest BCUT2D eigenvalue weighted by Crippen LogP contribution is -2.22. The normalized spacial score (nSPS) is 12.9. The molecule has 0 N–H and O–H groups in total. The van der Waals surface area contributed by atoms with Crippen LogP contribution in [0.5, 0.6) is 0 Å². The SMILES string of the molecule is CCCC(C)(C)c1ccc(Cl)cc1C(F)(F)F. The molecule has 96 valence electrons. The van der Waals surface area contributed by atoms with E-state index in [4.69, 9.17) is 11.6 Å². The third-order valence-electron chi connectivity index (χ3n) is 2.89. The van der Waals surface area contributed by atoms with Crippen molar-refractivity contribution in [2.75, 3.05) is 0 Å². The first-order chi connectivity index (χ1) is 7.68. The molecule has 0 fully saturated rings. The van der Waals surface area contributed by atoms with Gasteiger partial charge in [-0.15, -0.1) is 0 Å². The van der Waals surface area contributed by atoms with Gasteiger partial charge in [0.1, 0.15) is 0 Å². The molecule has 0 nitrogen and oxygen atoms in total. The summed E-state index contributed by atoms with van der Waals surface area (Å²) in [5.74, 6) is 0. The van der Waals surface area contributed by atoms with Crippen molar-refractivity contribution in [3.05, 3.63) is 34.3 Å². The van der Waals surface area contributed by atoms with Gasteiger partial charge in [0.15, 0.2) is 0 Å². The fourth-order valence-corrected chi connectivity index (χ4v) is 2.27. The minimum atomic E-state index is -4.36. The van der Waals surface area contributed by atoms with Crippen LogP contribution in [0.4, 0.5) is 13.2 Å². The molecule has 0 radical (unpaired) electrons. The number of halogens is 4. The Hall–Kier alpha value is -0.700. The zero-order valence-electron chi connectivity index (χ0n) is 10.2. The van der Waals surface area contributed by atoms with Gasteiger partial charge in [0, 0.05) is 5.02 Å². The second-order valence-electron chi connectivity index (χ2n) is 4.82. The van der Waals surface area contributed by atoms with Gasteiger partial charge in [-0.05, 0) is 29.5 Å². The Bertz CT molecular complexity index is 394. The molecule has 0 atom stereocenters. The van der Waals surface area contributed by atoms with Crippen molar-refractivity contribution in [2.24, 2.45) is 0 Å². The van der Waals surface area contributed by atoms with Crippen molar-refractivity contribution in [3.63, 3.8) is 0 Å². The van der Waals surface area contributed by atoms with Crippen LogP contribution in [-0.4, -0.2) is 0 Å². The third kappa shape index (κ3) is 3.38. The topological polar surface area (TPSA) is 0 Å². The van der Waals surface area contributed by atoms with Crippen molar-refractivity contribution < 1.29 is 13.2 Å². The van der Waals surface area contributed by atoms with Crippen molar-refractivity contribution in [3.8, 4) is 0 Å². The molecule has 0 saturated heterocycles. The summed E-state index contributed by atoms with van der Waals surface area (Å²) in [5.41, 5.74) is -0.802. The van der Waals surface area contributed by atoms with Gasteiger partial charge in [0.25, 0.3) is 0 Å². The highest BCUT2D eigenvalue weighted by Gasteiger charge is 2.37. The van der Waals surface area contributed by atoms with Crippen molar-refractivity contribution in [1.82, 2.24) is 0 Å². The minimum Gasteiger partial charge on any atom is -0.166 e. The first-order valence-corrected chi connectivity index (χ1v) is 5.93. The molecule has 0 aromatic heterocycles. The van der Waals surface area contributed by atoms with Crippen LogP contribution in [0.3, 0.4) is 0 Å². The Labute approximate surface area is 105 Å². The molecule has 0 amide bonds. The average Bonchev–Trinajstić information content (AvgIpc) is 2.15. The summed E-state index contributed by atoms with van der Waals surface area (Å²) >= 11 is 5.65. The van der Waals surface area contributed by atoms with Crippen LogP contribution < -0.4 is 0 Å². The highest BCUT2D eigenvalue weighted by atomic mass is 35.5. The maximum atomic E-state index is 12.9. The highest BCUT2D eigenvalue weighted by molar-refractivity contribution is 6.30. The Balaban J connectivity index is 3.33. The second-order valence-corrected chi connectivity index (χ2v) is 5.26. The van der Waals surface area contributed by atoms with Crippen molar-refractivity contribution >= 4 is 11.6 Å². The molecule has 0 bridgehead atoms. The monoisotopic (exact) mass is 264 g/mol. The van der Waals surface area contributed by atoms with E-state index in [1.807, 2.05) is 20.8 Å². The summed E-state index contributed by atoms with van der Waals surface area (Å²) in [5, 5.41) is 0.119. The Morgan fingerprint density at radius 2 is 1.71 bits per heavy atom. The summed E-state index contributed by atoms with van der Waals surface area (Å²) < 4.78 is 38.8. The smallest absolute Gasteiger partial charge is 0.166 e. The van der Waals surface area contributed by atoms with Gasteiger partial charge in [-0.2, -0.15) is 13.2 Å². The third-order valence-corrected chi connectivity index (χ3v) is 3.13. The van der Waals surface area contributed by atoms with Crippen LogP contribution >= 0.6 is 11.6 Å². The molecular formula is C13H16ClF3. The molecular weight excluding hydrogens is 249 g/mol. The molecule has 1 aromatic rings. The minimum absolute atomic E-state index is 0.119. The van der Waals surface area contributed by atoms with Crippen LogP contribution in [0.1, 0.15) is 44.7 Å². The van der Waals surface area contributed by atoms with E-state index >= 15 is 0 Å². The van der Waals surface area contributed by atoms with Crippen LogP contribution in [0.2, 0.25) is 5.02 Å². The molecule has 0 saturated carbocycles. The summed E-state index contributed by atoms with van der Waals surface area (Å²) in [6, 6.07) is 4.01. The largest absolute Gasteiger partial charge is 0.416 e. The number of benzene rings is 1. The van der Waals surface area contributed by atoms with E-state index in [1.165, 1.54) is 12.1 Å². The molecule has 17 heavy (non-hydrogen) atoms. The zero-order chi connectivity index (χ0) is 13.3. The fourth-order valence-electron chi connectivity index (χ4n) is 2.10. The molecule has 0 unspecified atom stereocenters. The second kappa shape index (κ2) is 4.89. The van der Waals surface area contributed by atoms with Gasteiger partial charge in [-0.3, -0.25) is 0 Å². The fraction of sp³-hybridized carbons (Fsp3) is 0.538. The van der Waals surface area contributed by atoms with E-state index in [0.29, 0.717) is 12.0 Å². The van der Waals surface area contributed by atoms with E-state index < -0.39 is 17.2 Å². The predicted octanol–water partition coefficient (Wildman–Crippen LogP) is 5.44. The average molecular weight is 265 g/mol. The first-order valence-electron chi connectivity index (χ1n) is 5.55. The lowest BCUT2D eigenvalue weighted by molar-refractivity contribution is -0.138. The zero-order valence-corrected chi connectivity index (χ0v) is 10.9. The maximum absolute atomic E-state index is 12.9. The van der Waals surface area contributed by atoms with Gasteiger partial charge >= 0.3 is 6.18 Å². The summed E-state index contributed by atoms with van der Waals surface area (Å²) in [6.07, 6.45) is -2.81. The lowest BCUT2D eigenvalue weighted by Gasteiger charge is -2.28. The Kier molecular flexibility index (Phi) is 4.13. The van der Waals surface area contributed by atoms with Crippen molar-refractivity contribution in [1.29, 1.82) is 0 Å². The van der Waals surface area contributed by atoms with E-state index in [0.717, 1.165) is 12.5 Å². The predicted molar refractivity (Wildman–Crippen MR) is 64.4 cm³/mol. The summed E-state index contributed by atoms with van der Waals surface area (Å²) in [7, 11) is 0. The van der Waals surface area contributed by atoms with E-state index in [9.17, 15) is 13.2 Å². The Morgan fingerprint density at radius 3 is 2.18 bits per heavy atom. The standard InChI is InChI=1S/C13H16ClF3/c1-4-7-12(2,3)10-6-5-9(14)8-11(10)13(15,16)17/h5-6,8H,4,7H2,1-3H3. The Morgan fingerprint density at radius 1 is 1.12 bits per heavy atom. The molecule has 0 aliphatic rings. The van der Waals surface area contributed by atoms with E-state index in [1.54, 1.807) is 0 Å². The lowest BCUT2D eigenvalue weighted by atomic mass is 9.78. The van der Waals surface area contributed by atoms with Gasteiger partial charge in [0.2, 0.25) is 0 Å². The molecule has 0 aliphatic heterocycles. The van der Waals surface area contributed by atoms with Crippen LogP contribution in [0.15, 0.2) is 18.2 Å². The molecule has 1 aromatic carbocycles. The quantitative estimate of drug-likeness (QED) is 0.682. The molecule has 1 rings (SSSR count). The number of alkyl halides is 3. The van der Waals surface area contributed by atoms with Gasteiger partial charge < -0.3 is 0 Å².